The SMILES string of the molecule is C.CC.[B]OC(=C(C#N)c1ccccc1)c1nc(C)nnc1C. The minimum absolute atomic E-state index is 0. The average molecular weight is 308 g/mol. The van der Waals surface area contributed by atoms with Crippen molar-refractivity contribution >= 4 is 19.4 Å². The fraction of sp³-hybridized carbons (Fsp3) is 0.294. The van der Waals surface area contributed by atoms with Crippen LogP contribution >= 0.6 is 0 Å². The van der Waals surface area contributed by atoms with Gasteiger partial charge in [-0.05, 0) is 19.4 Å². The molecule has 0 saturated heterocycles. The summed E-state index contributed by atoms with van der Waals surface area (Å²) in [5.41, 5.74) is 1.96. The molecule has 0 N–H and O–H groups in total. The number of nitriles is 1. The van der Waals surface area contributed by atoms with Gasteiger partial charge in [0.25, 0.3) is 0 Å². The van der Waals surface area contributed by atoms with Gasteiger partial charge in [0.15, 0.2) is 0 Å². The lowest BCUT2D eigenvalue weighted by atomic mass is 10.0. The van der Waals surface area contributed by atoms with E-state index in [0.717, 1.165) is 0 Å². The summed E-state index contributed by atoms with van der Waals surface area (Å²) in [6.07, 6.45) is 0. The molecule has 0 unspecified atom stereocenters. The number of aryl methyl sites for hydroxylation is 2. The third-order valence-electron chi connectivity index (χ3n) is 2.70. The number of nitrogens with zero attached hydrogens (tertiary/aromatic N) is 4. The molecule has 2 rings (SSSR count). The Morgan fingerprint density at radius 3 is 2.26 bits per heavy atom. The van der Waals surface area contributed by atoms with Crippen molar-refractivity contribution in [2.45, 2.75) is 35.1 Å². The molecule has 6 heteroatoms. The Morgan fingerprint density at radius 2 is 1.74 bits per heavy atom. The number of aromatic nitrogens is 3. The molecule has 0 amide bonds. The predicted octanol–water partition coefficient (Wildman–Crippen LogP) is 3.64. The summed E-state index contributed by atoms with van der Waals surface area (Å²) in [6.45, 7) is 7.44. The lowest BCUT2D eigenvalue weighted by Crippen LogP contribution is -2.05. The Morgan fingerprint density at radius 1 is 1.13 bits per heavy atom. The number of hydrogen-bond acceptors (Lipinski definition) is 5. The molecule has 0 bridgehead atoms. The summed E-state index contributed by atoms with van der Waals surface area (Å²) < 4.78 is 4.91. The average Bonchev–Trinajstić information content (AvgIpc) is 2.57. The van der Waals surface area contributed by atoms with Crippen molar-refractivity contribution in [3.05, 3.63) is 53.1 Å². The van der Waals surface area contributed by atoms with Crippen molar-refractivity contribution < 1.29 is 4.65 Å². The molecule has 23 heavy (non-hydrogen) atoms. The van der Waals surface area contributed by atoms with Crippen molar-refractivity contribution in [2.24, 2.45) is 0 Å². The Balaban J connectivity index is 0.00000155. The van der Waals surface area contributed by atoms with E-state index in [1.54, 1.807) is 26.0 Å². The smallest absolute Gasteiger partial charge is 0.374 e. The van der Waals surface area contributed by atoms with E-state index in [1.807, 2.05) is 32.0 Å². The van der Waals surface area contributed by atoms with Crippen molar-refractivity contribution in [1.29, 1.82) is 5.26 Å². The summed E-state index contributed by atoms with van der Waals surface area (Å²) in [6, 6.07) is 11.2. The summed E-state index contributed by atoms with van der Waals surface area (Å²) in [5.74, 6) is 0.666. The van der Waals surface area contributed by atoms with E-state index in [-0.39, 0.29) is 13.2 Å². The van der Waals surface area contributed by atoms with Crippen molar-refractivity contribution in [3.63, 3.8) is 0 Å². The van der Waals surface area contributed by atoms with Crippen molar-refractivity contribution in [3.8, 4) is 6.07 Å². The minimum atomic E-state index is 0. The monoisotopic (exact) mass is 308 g/mol. The standard InChI is InChI=1S/C14H11BN4O.C2H6.CH4/c1-9-13(17-10(2)19-18-9)14(20-15)12(8-16)11-6-4-3-5-7-11;1-2;/h3-7H,1-2H3;1-2H3;1H4. The highest BCUT2D eigenvalue weighted by atomic mass is 16.4. The molecule has 0 saturated carbocycles. The van der Waals surface area contributed by atoms with Crippen LogP contribution in [-0.4, -0.2) is 23.2 Å². The highest BCUT2D eigenvalue weighted by Gasteiger charge is 2.16. The van der Waals surface area contributed by atoms with E-state index in [0.29, 0.717) is 28.3 Å². The van der Waals surface area contributed by atoms with Gasteiger partial charge in [0.2, 0.25) is 0 Å². The first kappa shape index (κ1) is 20.3. The van der Waals surface area contributed by atoms with Crippen LogP contribution in [0.25, 0.3) is 11.3 Å². The lowest BCUT2D eigenvalue weighted by Gasteiger charge is -2.11. The molecule has 1 heterocycles. The van der Waals surface area contributed by atoms with E-state index in [1.165, 1.54) is 0 Å². The zero-order valence-corrected chi connectivity index (χ0v) is 13.2. The fourth-order valence-electron chi connectivity index (χ4n) is 1.76. The molecule has 0 aliphatic carbocycles. The van der Waals surface area contributed by atoms with E-state index < -0.39 is 0 Å². The maximum Gasteiger partial charge on any atom is 0.374 e. The molecule has 2 radical (unpaired) electrons. The quantitative estimate of drug-likeness (QED) is 0.492. The van der Waals surface area contributed by atoms with Crippen LogP contribution in [-0.2, 0) is 4.65 Å². The van der Waals surface area contributed by atoms with Gasteiger partial charge in [-0.3, -0.25) is 0 Å². The van der Waals surface area contributed by atoms with Crippen LogP contribution < -0.4 is 0 Å². The predicted molar refractivity (Wildman–Crippen MR) is 93.1 cm³/mol. The van der Waals surface area contributed by atoms with Crippen molar-refractivity contribution in [2.75, 3.05) is 0 Å². The van der Waals surface area contributed by atoms with Crippen LogP contribution in [0.4, 0.5) is 0 Å². The van der Waals surface area contributed by atoms with E-state index in [2.05, 4.69) is 21.3 Å². The molecule has 1 aromatic carbocycles. The van der Waals surface area contributed by atoms with Crippen LogP contribution in [0, 0.1) is 25.2 Å². The van der Waals surface area contributed by atoms with Crippen LogP contribution in [0.15, 0.2) is 30.3 Å². The summed E-state index contributed by atoms with van der Waals surface area (Å²) >= 11 is 0. The van der Waals surface area contributed by atoms with Crippen LogP contribution in [0.2, 0.25) is 0 Å². The highest BCUT2D eigenvalue weighted by Crippen LogP contribution is 2.26. The lowest BCUT2D eigenvalue weighted by molar-refractivity contribution is 0.567. The third kappa shape index (κ3) is 4.92. The van der Waals surface area contributed by atoms with E-state index >= 15 is 0 Å². The minimum Gasteiger partial charge on any atom is -0.565 e. The summed E-state index contributed by atoms with van der Waals surface area (Å²) in [5, 5.41) is 17.2. The van der Waals surface area contributed by atoms with Gasteiger partial charge in [-0.1, -0.05) is 51.6 Å². The topological polar surface area (TPSA) is 71.7 Å². The fourth-order valence-corrected chi connectivity index (χ4v) is 1.76. The Hall–Kier alpha value is -2.68. The number of allylic oxidation sites excluding steroid dienone is 1. The van der Waals surface area contributed by atoms with Gasteiger partial charge in [-0.25, -0.2) is 4.98 Å². The maximum absolute atomic E-state index is 9.40. The Bertz CT molecular complexity index is 693. The largest absolute Gasteiger partial charge is 0.565 e. The zero-order chi connectivity index (χ0) is 16.5. The van der Waals surface area contributed by atoms with Crippen LogP contribution in [0.1, 0.15) is 44.0 Å². The van der Waals surface area contributed by atoms with Gasteiger partial charge in [0, 0.05) is 0 Å². The zero-order valence-electron chi connectivity index (χ0n) is 13.2. The molecule has 5 nitrogen and oxygen atoms in total. The van der Waals surface area contributed by atoms with Gasteiger partial charge in [-0.15, -0.1) is 5.10 Å². The molecule has 1 aromatic heterocycles. The van der Waals surface area contributed by atoms with E-state index in [9.17, 15) is 5.26 Å². The normalized spacial score (nSPS) is 10.2. The van der Waals surface area contributed by atoms with Crippen molar-refractivity contribution in [1.82, 2.24) is 15.2 Å². The second-order valence-electron chi connectivity index (χ2n) is 4.09. The summed E-state index contributed by atoms with van der Waals surface area (Å²) in [7, 11) is 5.34. The first-order valence-corrected chi connectivity index (χ1v) is 6.92. The highest BCUT2D eigenvalue weighted by molar-refractivity contribution is 6.06. The second-order valence-corrected chi connectivity index (χ2v) is 4.09. The number of hydrogen-bond donors (Lipinski definition) is 0. The molecule has 0 aliphatic heterocycles. The van der Waals surface area contributed by atoms with Gasteiger partial charge in [-0.2, -0.15) is 10.4 Å². The van der Waals surface area contributed by atoms with Gasteiger partial charge in [0.05, 0.1) is 5.69 Å². The first-order chi connectivity index (χ1) is 10.7. The molecule has 118 valence electrons. The van der Waals surface area contributed by atoms with Crippen LogP contribution in [0.3, 0.4) is 0 Å². The molecule has 0 spiro atoms. The molecular formula is C17H21BN4O. The Kier molecular flexibility index (Phi) is 8.94. The van der Waals surface area contributed by atoms with Gasteiger partial charge < -0.3 is 4.65 Å². The van der Waals surface area contributed by atoms with E-state index in [4.69, 9.17) is 12.7 Å². The van der Waals surface area contributed by atoms with Crippen LogP contribution in [0.5, 0.6) is 0 Å². The maximum atomic E-state index is 9.40. The molecule has 0 fully saturated rings. The number of benzene rings is 1. The molecule has 2 aromatic rings. The molecule has 0 aliphatic rings. The second kappa shape index (κ2) is 10.1. The Labute approximate surface area is 139 Å². The van der Waals surface area contributed by atoms with Gasteiger partial charge >= 0.3 is 8.05 Å². The number of rotatable bonds is 3. The van der Waals surface area contributed by atoms with Gasteiger partial charge in [0.1, 0.15) is 28.9 Å². The molecule has 0 atom stereocenters. The third-order valence-corrected chi connectivity index (χ3v) is 2.70. The summed E-state index contributed by atoms with van der Waals surface area (Å²) in [4.78, 5) is 4.25. The molecular weight excluding hydrogens is 287 g/mol. The first-order valence-electron chi connectivity index (χ1n) is 6.92.